The normalized spacial score (nSPS) is 17.8. The smallest absolute Gasteiger partial charge is 0.0678 e. The van der Waals surface area contributed by atoms with E-state index in [1.54, 1.807) is 0 Å². The van der Waals surface area contributed by atoms with Crippen molar-refractivity contribution >= 4 is 23.2 Å². The number of hydrogen-bond acceptors (Lipinski definition) is 1. The first-order chi connectivity index (χ1) is 9.63. The first-order valence-electron chi connectivity index (χ1n) is 6.80. The molecule has 1 aliphatic rings. The van der Waals surface area contributed by atoms with Gasteiger partial charge in [0.05, 0.1) is 6.10 Å². The quantitative estimate of drug-likeness (QED) is 0.873. The number of aliphatic hydroxyl groups is 1. The summed E-state index contributed by atoms with van der Waals surface area (Å²) in [5.41, 5.74) is 1.92. The molecular weight excluding hydrogens is 291 g/mol. The van der Waals surface area contributed by atoms with Crippen LogP contribution in [-0.2, 0) is 11.8 Å². The molecule has 0 aromatic heterocycles. The fourth-order valence-electron chi connectivity index (χ4n) is 2.84. The van der Waals surface area contributed by atoms with Crippen LogP contribution in [0.4, 0.5) is 0 Å². The van der Waals surface area contributed by atoms with Gasteiger partial charge in [-0.3, -0.25) is 0 Å². The van der Waals surface area contributed by atoms with Gasteiger partial charge in [-0.2, -0.15) is 0 Å². The first kappa shape index (κ1) is 13.9. The molecule has 0 amide bonds. The van der Waals surface area contributed by atoms with E-state index in [4.69, 9.17) is 23.2 Å². The molecule has 1 saturated carbocycles. The Bertz CT molecular complexity index is 585. The van der Waals surface area contributed by atoms with Crippen molar-refractivity contribution in [2.75, 3.05) is 0 Å². The number of rotatable bonds is 4. The topological polar surface area (TPSA) is 20.2 Å². The van der Waals surface area contributed by atoms with Crippen LogP contribution in [-0.4, -0.2) is 11.2 Å². The van der Waals surface area contributed by atoms with Gasteiger partial charge in [0.15, 0.2) is 0 Å². The van der Waals surface area contributed by atoms with E-state index in [0.29, 0.717) is 16.5 Å². The molecule has 104 valence electrons. The first-order valence-corrected chi connectivity index (χ1v) is 7.55. The summed E-state index contributed by atoms with van der Waals surface area (Å²) < 4.78 is 0. The Kier molecular flexibility index (Phi) is 3.76. The zero-order valence-corrected chi connectivity index (χ0v) is 12.5. The lowest BCUT2D eigenvalue weighted by Gasteiger charge is -2.23. The molecule has 1 atom stereocenters. The van der Waals surface area contributed by atoms with Crippen LogP contribution < -0.4 is 0 Å². The molecular formula is C17H16Cl2O. The second kappa shape index (κ2) is 5.40. The van der Waals surface area contributed by atoms with Crippen LogP contribution in [0.1, 0.15) is 24.0 Å². The second-order valence-electron chi connectivity index (χ2n) is 5.44. The summed E-state index contributed by atoms with van der Waals surface area (Å²) in [4.78, 5) is 0. The predicted molar refractivity (Wildman–Crippen MR) is 83.5 cm³/mol. The minimum absolute atomic E-state index is 0.121. The Morgan fingerprint density at radius 2 is 1.55 bits per heavy atom. The Balaban J connectivity index is 1.85. The van der Waals surface area contributed by atoms with Gasteiger partial charge in [0.25, 0.3) is 0 Å². The Labute approximate surface area is 129 Å². The van der Waals surface area contributed by atoms with Gasteiger partial charge in [-0.05, 0) is 36.1 Å². The van der Waals surface area contributed by atoms with Gasteiger partial charge in [0.2, 0.25) is 0 Å². The van der Waals surface area contributed by atoms with Crippen molar-refractivity contribution in [3.8, 4) is 0 Å². The summed E-state index contributed by atoms with van der Waals surface area (Å²) in [6, 6.07) is 15.7. The largest absolute Gasteiger partial charge is 0.392 e. The molecule has 1 N–H and O–H groups in total. The third-order valence-corrected chi connectivity index (χ3v) is 4.94. The van der Waals surface area contributed by atoms with Crippen molar-refractivity contribution in [1.29, 1.82) is 0 Å². The van der Waals surface area contributed by atoms with Crippen LogP contribution in [0.25, 0.3) is 0 Å². The molecule has 1 unspecified atom stereocenters. The lowest BCUT2D eigenvalue weighted by Crippen LogP contribution is -2.28. The fraction of sp³-hybridized carbons (Fsp3) is 0.294. The zero-order valence-electron chi connectivity index (χ0n) is 11.0. The monoisotopic (exact) mass is 306 g/mol. The highest BCUT2D eigenvalue weighted by Crippen LogP contribution is 2.52. The van der Waals surface area contributed by atoms with Crippen LogP contribution in [0, 0.1) is 0 Å². The maximum absolute atomic E-state index is 10.7. The lowest BCUT2D eigenvalue weighted by atomic mass is 9.86. The molecule has 20 heavy (non-hydrogen) atoms. The highest BCUT2D eigenvalue weighted by atomic mass is 35.5. The zero-order chi connectivity index (χ0) is 14.2. The maximum Gasteiger partial charge on any atom is 0.0678 e. The van der Waals surface area contributed by atoms with E-state index in [9.17, 15) is 5.11 Å². The summed E-state index contributed by atoms with van der Waals surface area (Å²) in [5, 5.41) is 11.9. The van der Waals surface area contributed by atoms with Gasteiger partial charge in [-0.1, -0.05) is 59.6 Å². The summed E-state index contributed by atoms with van der Waals surface area (Å²) in [7, 11) is 0. The fourth-order valence-corrected chi connectivity index (χ4v) is 3.39. The second-order valence-corrected chi connectivity index (χ2v) is 6.26. The average molecular weight is 307 g/mol. The predicted octanol–water partition coefficient (Wildman–Crippen LogP) is 4.63. The van der Waals surface area contributed by atoms with E-state index >= 15 is 0 Å². The van der Waals surface area contributed by atoms with Crippen LogP contribution in [0.2, 0.25) is 10.0 Å². The average Bonchev–Trinajstić information content (AvgIpc) is 3.25. The van der Waals surface area contributed by atoms with Crippen LogP contribution in [0.15, 0.2) is 48.5 Å². The van der Waals surface area contributed by atoms with Gasteiger partial charge in [0, 0.05) is 21.9 Å². The molecule has 1 aliphatic carbocycles. The van der Waals surface area contributed by atoms with E-state index < -0.39 is 6.10 Å². The summed E-state index contributed by atoms with van der Waals surface area (Å²) in [5.74, 6) is 0. The lowest BCUT2D eigenvalue weighted by molar-refractivity contribution is 0.131. The van der Waals surface area contributed by atoms with E-state index in [1.807, 2.05) is 36.4 Å². The third-order valence-electron chi connectivity index (χ3n) is 4.23. The molecule has 0 bridgehead atoms. The minimum atomic E-state index is -0.456. The number of aliphatic hydroxyl groups excluding tert-OH is 1. The summed E-state index contributed by atoms with van der Waals surface area (Å²) in [6.45, 7) is 0. The minimum Gasteiger partial charge on any atom is -0.392 e. The highest BCUT2D eigenvalue weighted by Gasteiger charge is 2.50. The van der Waals surface area contributed by atoms with Gasteiger partial charge in [-0.25, -0.2) is 0 Å². The third kappa shape index (κ3) is 2.46. The van der Waals surface area contributed by atoms with Gasteiger partial charge in [-0.15, -0.1) is 0 Å². The number of hydrogen-bond donors (Lipinski definition) is 1. The maximum atomic E-state index is 10.7. The number of benzene rings is 2. The van der Waals surface area contributed by atoms with Crippen molar-refractivity contribution in [3.05, 3.63) is 69.7 Å². The Morgan fingerprint density at radius 1 is 0.950 bits per heavy atom. The molecule has 0 aliphatic heterocycles. The van der Waals surface area contributed by atoms with Crippen LogP contribution in [0.5, 0.6) is 0 Å². The molecule has 0 saturated heterocycles. The molecule has 0 heterocycles. The molecule has 3 heteroatoms. The molecule has 0 radical (unpaired) electrons. The van der Waals surface area contributed by atoms with Crippen molar-refractivity contribution in [2.45, 2.75) is 30.8 Å². The highest BCUT2D eigenvalue weighted by molar-refractivity contribution is 6.36. The standard InChI is InChI=1S/C17H16Cl2O/c18-14-7-4-8-15(19)13(14)11-16(20)17(9-10-17)12-5-2-1-3-6-12/h1-8,16,20H,9-11H2. The molecule has 1 fully saturated rings. The van der Waals surface area contributed by atoms with Crippen molar-refractivity contribution in [3.63, 3.8) is 0 Å². The summed E-state index contributed by atoms with van der Waals surface area (Å²) in [6.07, 6.45) is 2.07. The summed E-state index contributed by atoms with van der Waals surface area (Å²) >= 11 is 12.4. The number of halogens is 2. The van der Waals surface area contributed by atoms with E-state index in [1.165, 1.54) is 5.56 Å². The molecule has 2 aromatic rings. The van der Waals surface area contributed by atoms with Gasteiger partial charge >= 0.3 is 0 Å². The Hall–Kier alpha value is -1.02. The van der Waals surface area contributed by atoms with E-state index in [2.05, 4.69) is 12.1 Å². The van der Waals surface area contributed by atoms with Crippen molar-refractivity contribution in [1.82, 2.24) is 0 Å². The van der Waals surface area contributed by atoms with Gasteiger partial charge in [0.1, 0.15) is 0 Å². The van der Waals surface area contributed by atoms with Crippen molar-refractivity contribution in [2.24, 2.45) is 0 Å². The molecule has 1 nitrogen and oxygen atoms in total. The molecule has 0 spiro atoms. The molecule has 3 rings (SSSR count). The Morgan fingerprint density at radius 3 is 2.10 bits per heavy atom. The molecule has 2 aromatic carbocycles. The van der Waals surface area contributed by atoms with Crippen molar-refractivity contribution < 1.29 is 5.11 Å². The van der Waals surface area contributed by atoms with E-state index in [0.717, 1.165) is 18.4 Å². The van der Waals surface area contributed by atoms with Crippen LogP contribution >= 0.6 is 23.2 Å². The SMILES string of the molecule is OC(Cc1c(Cl)cccc1Cl)C1(c2ccccc2)CC1. The van der Waals surface area contributed by atoms with Gasteiger partial charge < -0.3 is 5.11 Å². The van der Waals surface area contributed by atoms with Crippen LogP contribution in [0.3, 0.4) is 0 Å². The van der Waals surface area contributed by atoms with E-state index in [-0.39, 0.29) is 5.41 Å².